The number of hydrogen-bond acceptors (Lipinski definition) is 4. The highest BCUT2D eigenvalue weighted by Crippen LogP contribution is 2.21. The van der Waals surface area contributed by atoms with E-state index in [-0.39, 0.29) is 35.7 Å². The Bertz CT molecular complexity index is 443. The number of sulfone groups is 1. The SMILES string of the molecule is CC(C)NC(=O)N(C[C@H]1CCCO1)[C@@H]1CCS(=O)(=O)C1. The van der Waals surface area contributed by atoms with Crippen molar-refractivity contribution < 1.29 is 17.9 Å². The molecule has 2 rings (SSSR count). The quantitative estimate of drug-likeness (QED) is 0.832. The molecule has 2 atom stereocenters. The molecule has 6 nitrogen and oxygen atoms in total. The maximum Gasteiger partial charge on any atom is 0.317 e. The van der Waals surface area contributed by atoms with Crippen LogP contribution in [0, 0.1) is 0 Å². The molecule has 2 heterocycles. The van der Waals surface area contributed by atoms with Crippen molar-refractivity contribution in [3.63, 3.8) is 0 Å². The van der Waals surface area contributed by atoms with Crippen LogP contribution in [0.2, 0.25) is 0 Å². The molecule has 0 aromatic heterocycles. The van der Waals surface area contributed by atoms with E-state index in [2.05, 4.69) is 5.32 Å². The van der Waals surface area contributed by atoms with E-state index < -0.39 is 9.84 Å². The fourth-order valence-electron chi connectivity index (χ4n) is 2.76. The minimum absolute atomic E-state index is 0.0347. The Morgan fingerprint density at radius 3 is 2.65 bits per heavy atom. The molecule has 0 aromatic carbocycles. The predicted molar refractivity (Wildman–Crippen MR) is 76.4 cm³/mol. The highest BCUT2D eigenvalue weighted by molar-refractivity contribution is 7.91. The number of amides is 2. The summed E-state index contributed by atoms with van der Waals surface area (Å²) >= 11 is 0. The monoisotopic (exact) mass is 304 g/mol. The smallest absolute Gasteiger partial charge is 0.317 e. The molecule has 0 radical (unpaired) electrons. The lowest BCUT2D eigenvalue weighted by Crippen LogP contribution is -2.51. The van der Waals surface area contributed by atoms with Gasteiger partial charge in [-0.2, -0.15) is 0 Å². The van der Waals surface area contributed by atoms with Crippen molar-refractivity contribution in [2.24, 2.45) is 0 Å². The van der Waals surface area contributed by atoms with Crippen molar-refractivity contribution in [1.29, 1.82) is 0 Å². The van der Waals surface area contributed by atoms with Gasteiger partial charge in [-0.1, -0.05) is 0 Å². The molecule has 0 bridgehead atoms. The van der Waals surface area contributed by atoms with Crippen LogP contribution in [0.25, 0.3) is 0 Å². The number of nitrogens with zero attached hydrogens (tertiary/aromatic N) is 1. The average molecular weight is 304 g/mol. The summed E-state index contributed by atoms with van der Waals surface area (Å²) in [6.07, 6.45) is 2.51. The first kappa shape index (κ1) is 15.6. The van der Waals surface area contributed by atoms with E-state index in [1.54, 1.807) is 4.90 Å². The molecule has 2 saturated heterocycles. The van der Waals surface area contributed by atoms with E-state index in [9.17, 15) is 13.2 Å². The topological polar surface area (TPSA) is 75.7 Å². The van der Waals surface area contributed by atoms with E-state index in [1.165, 1.54) is 0 Å². The molecule has 2 fully saturated rings. The van der Waals surface area contributed by atoms with E-state index in [1.807, 2.05) is 13.8 Å². The molecule has 0 saturated carbocycles. The zero-order valence-corrected chi connectivity index (χ0v) is 13.0. The molecule has 0 aliphatic carbocycles. The second-order valence-corrected chi connectivity index (χ2v) is 8.18. The zero-order chi connectivity index (χ0) is 14.8. The van der Waals surface area contributed by atoms with Gasteiger partial charge < -0.3 is 15.0 Å². The Hall–Kier alpha value is -0.820. The summed E-state index contributed by atoms with van der Waals surface area (Å²) in [5.74, 6) is 0.250. The summed E-state index contributed by atoms with van der Waals surface area (Å²) in [4.78, 5) is 14.0. The molecular weight excluding hydrogens is 280 g/mol. The fourth-order valence-corrected chi connectivity index (χ4v) is 4.49. The van der Waals surface area contributed by atoms with Crippen LogP contribution in [0.1, 0.15) is 33.1 Å². The molecule has 1 N–H and O–H groups in total. The van der Waals surface area contributed by atoms with Gasteiger partial charge >= 0.3 is 6.03 Å². The van der Waals surface area contributed by atoms with E-state index in [0.29, 0.717) is 13.0 Å². The summed E-state index contributed by atoms with van der Waals surface area (Å²) in [7, 11) is -3.00. The predicted octanol–water partition coefficient (Wildman–Crippen LogP) is 0.772. The van der Waals surface area contributed by atoms with Gasteiger partial charge in [-0.3, -0.25) is 0 Å². The highest BCUT2D eigenvalue weighted by atomic mass is 32.2. The first-order chi connectivity index (χ1) is 9.37. The Labute approximate surface area is 120 Å². The molecule has 0 aromatic rings. The lowest BCUT2D eigenvalue weighted by molar-refractivity contribution is 0.0718. The average Bonchev–Trinajstić information content (AvgIpc) is 2.94. The molecular formula is C13H24N2O4S. The summed E-state index contributed by atoms with van der Waals surface area (Å²) in [6.45, 7) is 5.01. The molecule has 0 spiro atoms. The minimum Gasteiger partial charge on any atom is -0.376 e. The summed E-state index contributed by atoms with van der Waals surface area (Å²) in [6, 6.07) is -0.368. The molecule has 7 heteroatoms. The third-order valence-corrected chi connectivity index (χ3v) is 5.50. The van der Waals surface area contributed by atoms with Crippen LogP contribution in [0.3, 0.4) is 0 Å². The Morgan fingerprint density at radius 1 is 1.40 bits per heavy atom. The lowest BCUT2D eigenvalue weighted by Gasteiger charge is -2.31. The lowest BCUT2D eigenvalue weighted by atomic mass is 10.1. The summed E-state index contributed by atoms with van der Waals surface area (Å²) < 4.78 is 28.9. The maximum absolute atomic E-state index is 12.3. The number of ether oxygens (including phenoxy) is 1. The van der Waals surface area contributed by atoms with Crippen molar-refractivity contribution in [3.05, 3.63) is 0 Å². The largest absolute Gasteiger partial charge is 0.376 e. The molecule has 2 aliphatic heterocycles. The maximum atomic E-state index is 12.3. The van der Waals surface area contributed by atoms with E-state index >= 15 is 0 Å². The van der Waals surface area contributed by atoms with Crippen LogP contribution in [0.5, 0.6) is 0 Å². The van der Waals surface area contributed by atoms with E-state index in [0.717, 1.165) is 19.4 Å². The Kier molecular flexibility index (Phi) is 4.90. The fraction of sp³-hybridized carbons (Fsp3) is 0.923. The van der Waals surface area contributed by atoms with Gasteiger partial charge in [0.15, 0.2) is 9.84 Å². The van der Waals surface area contributed by atoms with Crippen molar-refractivity contribution in [3.8, 4) is 0 Å². The van der Waals surface area contributed by atoms with Gasteiger partial charge in [0.2, 0.25) is 0 Å². The second kappa shape index (κ2) is 6.30. The molecule has 2 aliphatic rings. The van der Waals surface area contributed by atoms with Crippen LogP contribution in [-0.4, -0.2) is 62.2 Å². The highest BCUT2D eigenvalue weighted by Gasteiger charge is 2.36. The van der Waals surface area contributed by atoms with Crippen LogP contribution in [0.15, 0.2) is 0 Å². The number of carbonyl (C=O) groups is 1. The number of carbonyl (C=O) groups excluding carboxylic acids is 1. The van der Waals surface area contributed by atoms with E-state index in [4.69, 9.17) is 4.74 Å². The van der Waals surface area contributed by atoms with Crippen LogP contribution >= 0.6 is 0 Å². The molecule has 20 heavy (non-hydrogen) atoms. The van der Waals surface area contributed by atoms with Crippen LogP contribution in [0.4, 0.5) is 4.79 Å². The summed E-state index contributed by atoms with van der Waals surface area (Å²) in [5.41, 5.74) is 0. The third kappa shape index (κ3) is 4.09. The Balaban J connectivity index is 2.04. The van der Waals surface area contributed by atoms with Crippen molar-refractivity contribution >= 4 is 15.9 Å². The van der Waals surface area contributed by atoms with Gasteiger partial charge in [-0.25, -0.2) is 13.2 Å². The van der Waals surface area contributed by atoms with Gasteiger partial charge in [0.1, 0.15) is 0 Å². The van der Waals surface area contributed by atoms with Gasteiger partial charge in [0.05, 0.1) is 17.6 Å². The third-order valence-electron chi connectivity index (χ3n) is 3.75. The van der Waals surface area contributed by atoms with Gasteiger partial charge in [-0.15, -0.1) is 0 Å². The number of hydrogen-bond donors (Lipinski definition) is 1. The normalized spacial score (nSPS) is 28.8. The van der Waals surface area contributed by atoms with Gasteiger partial charge in [-0.05, 0) is 33.1 Å². The summed E-state index contributed by atoms with van der Waals surface area (Å²) in [5, 5.41) is 2.86. The number of rotatable bonds is 4. The van der Waals surface area contributed by atoms with Crippen molar-refractivity contribution in [1.82, 2.24) is 10.2 Å². The first-order valence-corrected chi connectivity index (χ1v) is 9.08. The number of nitrogens with one attached hydrogen (secondary N) is 1. The first-order valence-electron chi connectivity index (χ1n) is 7.26. The minimum atomic E-state index is -3.00. The molecule has 116 valence electrons. The van der Waals surface area contributed by atoms with Crippen molar-refractivity contribution in [2.45, 2.75) is 51.3 Å². The standard InChI is InChI=1S/C13H24N2O4S/c1-10(2)14-13(16)15(8-12-4-3-6-19-12)11-5-7-20(17,18)9-11/h10-12H,3-9H2,1-2H3,(H,14,16)/t11-,12-/m1/s1. The zero-order valence-electron chi connectivity index (χ0n) is 12.2. The number of urea groups is 1. The second-order valence-electron chi connectivity index (χ2n) is 5.95. The van der Waals surface area contributed by atoms with Gasteiger partial charge in [0, 0.05) is 25.2 Å². The molecule has 0 unspecified atom stereocenters. The molecule has 2 amide bonds. The van der Waals surface area contributed by atoms with Crippen molar-refractivity contribution in [2.75, 3.05) is 24.7 Å². The Morgan fingerprint density at radius 2 is 2.15 bits per heavy atom. The van der Waals surface area contributed by atoms with Crippen LogP contribution < -0.4 is 5.32 Å². The van der Waals surface area contributed by atoms with Crippen LogP contribution in [-0.2, 0) is 14.6 Å². The van der Waals surface area contributed by atoms with Gasteiger partial charge in [0.25, 0.3) is 0 Å².